The third-order valence-electron chi connectivity index (χ3n) is 3.89. The van der Waals surface area contributed by atoms with Crippen molar-refractivity contribution in [3.63, 3.8) is 0 Å². The molecular weight excluding hydrogens is 306 g/mol. The van der Waals surface area contributed by atoms with E-state index in [2.05, 4.69) is 0 Å². The van der Waals surface area contributed by atoms with Gasteiger partial charge < -0.3 is 0 Å². The normalized spacial score (nSPS) is 48.0. The first-order valence-corrected chi connectivity index (χ1v) is 6.57. The van der Waals surface area contributed by atoms with E-state index in [0.717, 1.165) is 0 Å². The zero-order chi connectivity index (χ0) is 12.6. The van der Waals surface area contributed by atoms with Crippen LogP contribution in [0, 0.1) is 11.8 Å². The minimum absolute atomic E-state index is 0.262. The lowest BCUT2D eigenvalue weighted by atomic mass is 9.73. The highest BCUT2D eigenvalue weighted by Gasteiger charge is 2.74. The smallest absolute Gasteiger partial charge is 0.199 e. The first-order chi connectivity index (χ1) is 7.85. The van der Waals surface area contributed by atoms with Gasteiger partial charge in [-0.3, -0.25) is 9.59 Å². The van der Waals surface area contributed by atoms with Crippen LogP contribution < -0.4 is 0 Å². The van der Waals surface area contributed by atoms with Crippen molar-refractivity contribution in [1.82, 2.24) is 0 Å². The number of alkyl halides is 2. The van der Waals surface area contributed by atoms with Gasteiger partial charge in [0, 0.05) is 11.8 Å². The predicted molar refractivity (Wildman–Crippen MR) is 66.7 cm³/mol. The van der Waals surface area contributed by atoms with Crippen molar-refractivity contribution in [2.24, 2.45) is 11.8 Å². The predicted octanol–water partition coefficient (Wildman–Crippen LogP) is 2.99. The maximum Gasteiger partial charge on any atom is 0.199 e. The first-order valence-electron chi connectivity index (χ1n) is 5.06. The fraction of sp³-hybridized carbons (Fsp3) is 0.455. The number of fused-ring (bicyclic) bond motifs is 5. The van der Waals surface area contributed by atoms with Gasteiger partial charge in [0.25, 0.3) is 0 Å². The molecule has 4 atom stereocenters. The minimum atomic E-state index is -1.49. The van der Waals surface area contributed by atoms with E-state index in [1.807, 2.05) is 12.2 Å². The second-order valence-electron chi connectivity index (χ2n) is 4.54. The summed E-state index contributed by atoms with van der Waals surface area (Å²) in [5.41, 5.74) is 0. The van der Waals surface area contributed by atoms with Crippen LogP contribution in [0.3, 0.4) is 0 Å². The minimum Gasteiger partial charge on any atom is -0.291 e. The number of carbonyl (C=O) groups is 2. The highest BCUT2D eigenvalue weighted by Crippen LogP contribution is 2.64. The zero-order valence-electron chi connectivity index (χ0n) is 8.34. The van der Waals surface area contributed by atoms with Crippen LogP contribution in [0.25, 0.3) is 0 Å². The van der Waals surface area contributed by atoms with Gasteiger partial charge in [0.1, 0.15) is 19.8 Å². The number of hydrogen-bond donors (Lipinski definition) is 0. The van der Waals surface area contributed by atoms with Crippen molar-refractivity contribution in [2.75, 3.05) is 0 Å². The van der Waals surface area contributed by atoms with Gasteiger partial charge in [0.2, 0.25) is 0 Å². The number of Topliss-reactive ketones (excluding diaryl/α,β-unsaturated/α-hetero) is 2. The van der Waals surface area contributed by atoms with Gasteiger partial charge in [0.05, 0.1) is 0 Å². The summed E-state index contributed by atoms with van der Waals surface area (Å²) in [7, 11) is 0. The van der Waals surface area contributed by atoms with Crippen LogP contribution in [0.5, 0.6) is 0 Å². The maximum absolute atomic E-state index is 12.2. The molecule has 1 saturated carbocycles. The second kappa shape index (κ2) is 3.30. The summed E-state index contributed by atoms with van der Waals surface area (Å²) in [6.45, 7) is 0. The number of rotatable bonds is 0. The van der Waals surface area contributed by atoms with Crippen LogP contribution >= 0.6 is 46.4 Å². The van der Waals surface area contributed by atoms with Crippen LogP contribution in [-0.2, 0) is 9.59 Å². The van der Waals surface area contributed by atoms with Crippen molar-refractivity contribution in [3.05, 3.63) is 22.2 Å². The third kappa shape index (κ3) is 1.07. The summed E-state index contributed by atoms with van der Waals surface area (Å²) in [4.78, 5) is 21.4. The largest absolute Gasteiger partial charge is 0.291 e. The molecule has 1 fully saturated rings. The molecule has 0 aromatic heterocycles. The highest BCUT2D eigenvalue weighted by atomic mass is 35.5. The molecule has 0 unspecified atom stereocenters. The molecular formula is C11H6Cl4O2. The van der Waals surface area contributed by atoms with Crippen LogP contribution in [0.4, 0.5) is 0 Å². The molecule has 0 saturated heterocycles. The molecule has 3 aliphatic rings. The quantitative estimate of drug-likeness (QED) is 0.509. The van der Waals surface area contributed by atoms with Crippen LogP contribution in [0.1, 0.15) is 6.42 Å². The Balaban J connectivity index is 2.31. The molecule has 2 nitrogen and oxygen atoms in total. The summed E-state index contributed by atoms with van der Waals surface area (Å²) < 4.78 is 0. The van der Waals surface area contributed by atoms with E-state index in [1.54, 1.807) is 0 Å². The van der Waals surface area contributed by atoms with Gasteiger partial charge in [-0.1, -0.05) is 35.4 Å². The molecule has 3 aliphatic carbocycles. The Hall–Kier alpha value is -0.0200. The van der Waals surface area contributed by atoms with Crippen molar-refractivity contribution in [2.45, 2.75) is 16.2 Å². The third-order valence-corrected chi connectivity index (χ3v) is 6.30. The molecule has 17 heavy (non-hydrogen) atoms. The van der Waals surface area contributed by atoms with E-state index in [0.29, 0.717) is 6.42 Å². The van der Waals surface area contributed by atoms with Crippen molar-refractivity contribution >= 4 is 58.0 Å². The number of ketones is 2. The average molecular weight is 312 g/mol. The average Bonchev–Trinajstić information content (AvgIpc) is 2.87. The molecule has 90 valence electrons. The number of hydrogen-bond acceptors (Lipinski definition) is 2. The Morgan fingerprint density at radius 1 is 0.941 bits per heavy atom. The summed E-state index contributed by atoms with van der Waals surface area (Å²) in [6.07, 6.45) is 4.23. The molecule has 0 amide bonds. The molecule has 0 aromatic carbocycles. The van der Waals surface area contributed by atoms with Gasteiger partial charge in [0.15, 0.2) is 11.6 Å². The Morgan fingerprint density at radius 2 is 1.29 bits per heavy atom. The molecule has 3 rings (SSSR count). The topological polar surface area (TPSA) is 34.1 Å². The summed E-state index contributed by atoms with van der Waals surface area (Å²) in [6, 6.07) is 0. The molecule has 0 aliphatic heterocycles. The Morgan fingerprint density at radius 3 is 1.65 bits per heavy atom. The van der Waals surface area contributed by atoms with E-state index in [-0.39, 0.29) is 21.9 Å². The van der Waals surface area contributed by atoms with Gasteiger partial charge >= 0.3 is 0 Å². The fourth-order valence-electron chi connectivity index (χ4n) is 3.01. The van der Waals surface area contributed by atoms with Crippen LogP contribution in [0.15, 0.2) is 22.2 Å². The van der Waals surface area contributed by atoms with Gasteiger partial charge in [-0.15, -0.1) is 23.2 Å². The Kier molecular flexibility index (Phi) is 2.33. The molecule has 0 heterocycles. The van der Waals surface area contributed by atoms with E-state index < -0.39 is 21.3 Å². The van der Waals surface area contributed by atoms with E-state index in [9.17, 15) is 9.59 Å². The Bertz CT molecular complexity index is 480. The van der Waals surface area contributed by atoms with Crippen molar-refractivity contribution < 1.29 is 9.59 Å². The maximum atomic E-state index is 12.2. The SMILES string of the molecule is O=C1C(Cl)=C(Cl)C(=O)[C@]2(Cl)[C@H]3C=C[C@@H](C3)[C@]12Cl. The molecule has 0 N–H and O–H groups in total. The van der Waals surface area contributed by atoms with Gasteiger partial charge in [-0.25, -0.2) is 0 Å². The molecule has 6 heteroatoms. The lowest BCUT2D eigenvalue weighted by molar-refractivity contribution is -0.127. The zero-order valence-corrected chi connectivity index (χ0v) is 11.4. The summed E-state index contributed by atoms with van der Waals surface area (Å²) in [5.74, 6) is -1.61. The standard InChI is InChI=1S/C11H6Cl4O2/c12-6-7(13)9(17)11(15)5-2-1-4(3-5)10(11,14)8(6)16/h1-2,4-5H,3H2/t4-,5-,10-,11+/m0/s1. The second-order valence-corrected chi connectivity index (χ2v) is 6.49. The number of carbonyl (C=O) groups excluding carboxylic acids is 2. The monoisotopic (exact) mass is 310 g/mol. The van der Waals surface area contributed by atoms with Crippen LogP contribution in [0.2, 0.25) is 0 Å². The van der Waals surface area contributed by atoms with Crippen molar-refractivity contribution in [1.29, 1.82) is 0 Å². The molecule has 0 radical (unpaired) electrons. The van der Waals surface area contributed by atoms with Gasteiger partial charge in [-0.2, -0.15) is 0 Å². The molecule has 2 bridgehead atoms. The van der Waals surface area contributed by atoms with Crippen LogP contribution in [-0.4, -0.2) is 21.3 Å². The van der Waals surface area contributed by atoms with E-state index in [1.165, 1.54) is 0 Å². The highest BCUT2D eigenvalue weighted by molar-refractivity contribution is 6.66. The lowest BCUT2D eigenvalue weighted by Crippen LogP contribution is -2.61. The molecule has 0 spiro atoms. The molecule has 0 aromatic rings. The van der Waals surface area contributed by atoms with E-state index >= 15 is 0 Å². The first kappa shape index (κ1) is 12.0. The number of allylic oxidation sites excluding steroid dienone is 4. The fourth-order valence-corrected chi connectivity index (χ4v) is 4.55. The van der Waals surface area contributed by atoms with Crippen molar-refractivity contribution in [3.8, 4) is 0 Å². The lowest BCUT2D eigenvalue weighted by Gasteiger charge is -2.43. The van der Waals surface area contributed by atoms with Gasteiger partial charge in [-0.05, 0) is 6.42 Å². The summed E-state index contributed by atoms with van der Waals surface area (Å²) >= 11 is 24.3. The van der Waals surface area contributed by atoms with E-state index in [4.69, 9.17) is 46.4 Å². The Labute approximate surface area is 118 Å². The number of halogens is 4. The summed E-state index contributed by atoms with van der Waals surface area (Å²) in [5, 5.41) is -0.604.